The van der Waals surface area contributed by atoms with Crippen molar-refractivity contribution >= 4 is 11.5 Å². The summed E-state index contributed by atoms with van der Waals surface area (Å²) in [6.45, 7) is 4.44. The summed E-state index contributed by atoms with van der Waals surface area (Å²) < 4.78 is 10.2. The number of benzene rings is 1. The van der Waals surface area contributed by atoms with Crippen molar-refractivity contribution in [2.45, 2.75) is 26.7 Å². The van der Waals surface area contributed by atoms with Gasteiger partial charge in [0.05, 0.1) is 13.7 Å². The second kappa shape index (κ2) is 7.54. The Balaban J connectivity index is 2.61. The van der Waals surface area contributed by atoms with Crippen molar-refractivity contribution in [3.63, 3.8) is 0 Å². The van der Waals surface area contributed by atoms with E-state index in [1.807, 2.05) is 31.2 Å². The van der Waals surface area contributed by atoms with Crippen LogP contribution in [0, 0.1) is 0 Å². The van der Waals surface area contributed by atoms with E-state index < -0.39 is 0 Å². The largest absolute Gasteiger partial charge is 0.497 e. The number of unbranched alkanes of at least 4 members (excludes halogenated alkanes) is 1. The van der Waals surface area contributed by atoms with Crippen molar-refractivity contribution in [1.29, 1.82) is 0 Å². The van der Waals surface area contributed by atoms with Crippen LogP contribution in [0.5, 0.6) is 5.75 Å². The third kappa shape index (κ3) is 4.62. The van der Waals surface area contributed by atoms with Gasteiger partial charge >= 0.3 is 5.97 Å². The summed E-state index contributed by atoms with van der Waals surface area (Å²) in [5.74, 6) is 0.522. The van der Waals surface area contributed by atoms with Crippen LogP contribution in [-0.4, -0.2) is 19.7 Å². The topological polar surface area (TPSA) is 35.5 Å². The summed E-state index contributed by atoms with van der Waals surface area (Å²) >= 11 is 0. The van der Waals surface area contributed by atoms with E-state index in [-0.39, 0.29) is 5.97 Å². The van der Waals surface area contributed by atoms with E-state index >= 15 is 0 Å². The standard InChI is InChI=1S/C15H20O3/c1-4-5-10-18-15(16)11-12(2)13-6-8-14(17-3)9-7-13/h6-9,11H,4-5,10H2,1-3H3. The van der Waals surface area contributed by atoms with E-state index in [1.54, 1.807) is 7.11 Å². The number of carbonyl (C=O) groups is 1. The van der Waals surface area contributed by atoms with Crippen molar-refractivity contribution in [2.24, 2.45) is 0 Å². The Labute approximate surface area is 108 Å². The van der Waals surface area contributed by atoms with Crippen molar-refractivity contribution in [3.05, 3.63) is 35.9 Å². The molecular weight excluding hydrogens is 228 g/mol. The first kappa shape index (κ1) is 14.3. The summed E-state index contributed by atoms with van der Waals surface area (Å²) in [7, 11) is 1.63. The number of hydrogen-bond acceptors (Lipinski definition) is 3. The molecule has 1 rings (SSSR count). The van der Waals surface area contributed by atoms with Crippen LogP contribution < -0.4 is 4.74 Å². The van der Waals surface area contributed by atoms with Gasteiger partial charge in [-0.05, 0) is 36.6 Å². The third-order valence-corrected chi connectivity index (χ3v) is 2.62. The van der Waals surface area contributed by atoms with Gasteiger partial charge in [0.2, 0.25) is 0 Å². The second-order valence-electron chi connectivity index (χ2n) is 4.08. The Morgan fingerprint density at radius 3 is 2.50 bits per heavy atom. The lowest BCUT2D eigenvalue weighted by molar-refractivity contribution is -0.137. The summed E-state index contributed by atoms with van der Waals surface area (Å²) in [4.78, 5) is 11.5. The van der Waals surface area contributed by atoms with Gasteiger partial charge in [0.15, 0.2) is 0 Å². The molecule has 0 aliphatic heterocycles. The number of rotatable bonds is 6. The molecule has 1 aromatic carbocycles. The molecule has 3 heteroatoms. The zero-order valence-corrected chi connectivity index (χ0v) is 11.2. The summed E-state index contributed by atoms with van der Waals surface area (Å²) in [6, 6.07) is 7.58. The highest BCUT2D eigenvalue weighted by atomic mass is 16.5. The van der Waals surface area contributed by atoms with Gasteiger partial charge in [0.1, 0.15) is 5.75 Å². The van der Waals surface area contributed by atoms with Crippen LogP contribution >= 0.6 is 0 Å². The lowest BCUT2D eigenvalue weighted by Crippen LogP contribution is -2.02. The molecule has 0 heterocycles. The van der Waals surface area contributed by atoms with Gasteiger partial charge in [0, 0.05) is 6.08 Å². The zero-order chi connectivity index (χ0) is 13.4. The van der Waals surface area contributed by atoms with Gasteiger partial charge in [-0.1, -0.05) is 25.5 Å². The van der Waals surface area contributed by atoms with E-state index in [0.29, 0.717) is 6.61 Å². The summed E-state index contributed by atoms with van der Waals surface area (Å²) in [5, 5.41) is 0. The number of hydrogen-bond donors (Lipinski definition) is 0. The summed E-state index contributed by atoms with van der Waals surface area (Å²) in [6.07, 6.45) is 3.45. The molecule has 3 nitrogen and oxygen atoms in total. The molecule has 0 bridgehead atoms. The molecule has 0 fully saturated rings. The van der Waals surface area contributed by atoms with Gasteiger partial charge in [-0.2, -0.15) is 0 Å². The van der Waals surface area contributed by atoms with Crippen molar-refractivity contribution < 1.29 is 14.3 Å². The average Bonchev–Trinajstić information content (AvgIpc) is 2.39. The van der Waals surface area contributed by atoms with Crippen LogP contribution in [0.1, 0.15) is 32.3 Å². The highest BCUT2D eigenvalue weighted by molar-refractivity contribution is 5.90. The number of carbonyl (C=O) groups excluding carboxylic acids is 1. The van der Waals surface area contributed by atoms with E-state index in [0.717, 1.165) is 29.7 Å². The quantitative estimate of drug-likeness (QED) is 0.439. The monoisotopic (exact) mass is 248 g/mol. The van der Waals surface area contributed by atoms with Crippen LogP contribution in [0.4, 0.5) is 0 Å². The molecule has 0 radical (unpaired) electrons. The minimum Gasteiger partial charge on any atom is -0.497 e. The van der Waals surface area contributed by atoms with Crippen molar-refractivity contribution in [3.8, 4) is 5.75 Å². The molecule has 0 aromatic heterocycles. The molecule has 0 spiro atoms. The number of esters is 1. The molecule has 0 aliphatic rings. The number of allylic oxidation sites excluding steroid dienone is 1. The predicted molar refractivity (Wildman–Crippen MR) is 72.5 cm³/mol. The normalized spacial score (nSPS) is 11.2. The van der Waals surface area contributed by atoms with Gasteiger partial charge in [0.25, 0.3) is 0 Å². The Kier molecular flexibility index (Phi) is 5.98. The smallest absolute Gasteiger partial charge is 0.331 e. The fourth-order valence-electron chi connectivity index (χ4n) is 1.47. The van der Waals surface area contributed by atoms with Gasteiger partial charge in [-0.3, -0.25) is 0 Å². The molecule has 0 atom stereocenters. The lowest BCUT2D eigenvalue weighted by atomic mass is 10.1. The van der Waals surface area contributed by atoms with Gasteiger partial charge in [-0.15, -0.1) is 0 Å². The maximum absolute atomic E-state index is 11.5. The Bertz CT molecular complexity index is 404. The van der Waals surface area contributed by atoms with E-state index in [1.165, 1.54) is 6.08 Å². The highest BCUT2D eigenvalue weighted by Crippen LogP contribution is 2.18. The Morgan fingerprint density at radius 1 is 1.28 bits per heavy atom. The summed E-state index contributed by atoms with van der Waals surface area (Å²) in [5.41, 5.74) is 1.88. The molecule has 98 valence electrons. The molecule has 0 aliphatic carbocycles. The van der Waals surface area contributed by atoms with E-state index in [9.17, 15) is 4.79 Å². The first-order valence-corrected chi connectivity index (χ1v) is 6.17. The minimum atomic E-state index is -0.281. The first-order chi connectivity index (χ1) is 8.67. The average molecular weight is 248 g/mol. The molecule has 1 aromatic rings. The molecule has 0 N–H and O–H groups in total. The van der Waals surface area contributed by atoms with Crippen LogP contribution in [0.15, 0.2) is 30.3 Å². The number of methoxy groups -OCH3 is 1. The molecular formula is C15H20O3. The first-order valence-electron chi connectivity index (χ1n) is 6.17. The fourth-order valence-corrected chi connectivity index (χ4v) is 1.47. The molecule has 0 saturated carbocycles. The minimum absolute atomic E-state index is 0.281. The Hall–Kier alpha value is -1.77. The molecule has 0 saturated heterocycles. The Morgan fingerprint density at radius 2 is 1.94 bits per heavy atom. The molecule has 0 unspecified atom stereocenters. The van der Waals surface area contributed by atoms with Gasteiger partial charge in [-0.25, -0.2) is 4.79 Å². The van der Waals surface area contributed by atoms with Crippen LogP contribution in [0.25, 0.3) is 5.57 Å². The van der Waals surface area contributed by atoms with E-state index in [2.05, 4.69) is 6.92 Å². The highest BCUT2D eigenvalue weighted by Gasteiger charge is 2.02. The van der Waals surface area contributed by atoms with Crippen molar-refractivity contribution in [2.75, 3.05) is 13.7 Å². The molecule has 18 heavy (non-hydrogen) atoms. The SMILES string of the molecule is CCCCOC(=O)C=C(C)c1ccc(OC)cc1. The van der Waals surface area contributed by atoms with Crippen LogP contribution in [0.3, 0.4) is 0 Å². The second-order valence-corrected chi connectivity index (χ2v) is 4.08. The zero-order valence-electron chi connectivity index (χ0n) is 11.2. The maximum atomic E-state index is 11.5. The fraction of sp³-hybridized carbons (Fsp3) is 0.400. The van der Waals surface area contributed by atoms with E-state index in [4.69, 9.17) is 9.47 Å². The third-order valence-electron chi connectivity index (χ3n) is 2.62. The maximum Gasteiger partial charge on any atom is 0.331 e. The number of ether oxygens (including phenoxy) is 2. The van der Waals surface area contributed by atoms with Crippen molar-refractivity contribution in [1.82, 2.24) is 0 Å². The van der Waals surface area contributed by atoms with Crippen LogP contribution in [-0.2, 0) is 9.53 Å². The molecule has 0 amide bonds. The predicted octanol–water partition coefficient (Wildman–Crippen LogP) is 3.44. The lowest BCUT2D eigenvalue weighted by Gasteiger charge is -2.04. The van der Waals surface area contributed by atoms with Crippen LogP contribution in [0.2, 0.25) is 0 Å². The van der Waals surface area contributed by atoms with Gasteiger partial charge < -0.3 is 9.47 Å².